The molecule has 0 unspecified atom stereocenters. The quantitative estimate of drug-likeness (QED) is 0.712. The summed E-state index contributed by atoms with van der Waals surface area (Å²) in [4.78, 5) is 0. The molecule has 0 amide bonds. The van der Waals surface area contributed by atoms with Crippen LogP contribution < -0.4 is 0 Å². The van der Waals surface area contributed by atoms with Gasteiger partial charge in [-0.15, -0.1) is 0 Å². The minimum atomic E-state index is -1.61. The van der Waals surface area contributed by atoms with Crippen LogP contribution in [0.3, 0.4) is 0 Å². The van der Waals surface area contributed by atoms with Gasteiger partial charge in [0, 0.05) is 0 Å². The zero-order valence-corrected chi connectivity index (χ0v) is 12.2. The predicted molar refractivity (Wildman–Crippen MR) is 67.3 cm³/mol. The van der Waals surface area contributed by atoms with Crippen LogP contribution >= 0.6 is 0 Å². The van der Waals surface area contributed by atoms with E-state index < -0.39 is 18.8 Å². The van der Waals surface area contributed by atoms with Crippen molar-refractivity contribution in [1.82, 2.24) is 0 Å². The Morgan fingerprint density at radius 2 is 1.36 bits per heavy atom. The molecular formula is C13H22Sb+. The van der Waals surface area contributed by atoms with Crippen molar-refractivity contribution in [1.29, 1.82) is 0 Å². The molecule has 0 saturated carbocycles. The van der Waals surface area contributed by atoms with Crippen LogP contribution in [0.25, 0.3) is 0 Å². The van der Waals surface area contributed by atoms with Gasteiger partial charge in [-0.05, 0) is 0 Å². The minimum absolute atomic E-state index is 1.43. The van der Waals surface area contributed by atoms with E-state index in [2.05, 4.69) is 51.1 Å². The Labute approximate surface area is 92.7 Å². The monoisotopic (exact) mass is 299 g/mol. The van der Waals surface area contributed by atoms with Crippen LogP contribution in [0, 0.1) is 0 Å². The van der Waals surface area contributed by atoms with E-state index in [0.717, 1.165) is 0 Å². The van der Waals surface area contributed by atoms with Gasteiger partial charge in [-0.3, -0.25) is 0 Å². The first-order valence-corrected chi connectivity index (χ1v) is 12.9. The second kappa shape index (κ2) is 5.81. The number of benzene rings is 1. The molecule has 1 aromatic carbocycles. The molecule has 0 aliphatic carbocycles. The summed E-state index contributed by atoms with van der Waals surface area (Å²) in [5, 5.41) is 0. The second-order valence-electron chi connectivity index (χ2n) is 3.93. The van der Waals surface area contributed by atoms with Crippen molar-refractivity contribution < 1.29 is 0 Å². The summed E-state index contributed by atoms with van der Waals surface area (Å²) >= 11 is -1.61. The molecule has 1 heteroatoms. The van der Waals surface area contributed by atoms with Gasteiger partial charge in [-0.2, -0.15) is 0 Å². The third-order valence-corrected chi connectivity index (χ3v) is 17.8. The summed E-state index contributed by atoms with van der Waals surface area (Å²) in [6, 6.07) is 11.0. The summed E-state index contributed by atoms with van der Waals surface area (Å²) in [5.74, 6) is 0. The molecule has 78 valence electrons. The van der Waals surface area contributed by atoms with E-state index in [4.69, 9.17) is 0 Å². The Balaban J connectivity index is 2.74. The first-order chi connectivity index (χ1) is 6.76. The Bertz CT molecular complexity index is 241. The van der Waals surface area contributed by atoms with Gasteiger partial charge < -0.3 is 0 Å². The first-order valence-electron chi connectivity index (χ1n) is 5.65. The Morgan fingerprint density at radius 1 is 0.857 bits per heavy atom. The van der Waals surface area contributed by atoms with E-state index in [1.807, 2.05) is 0 Å². The van der Waals surface area contributed by atoms with Crippen molar-refractivity contribution in [2.24, 2.45) is 0 Å². The molecule has 0 fully saturated rings. The topological polar surface area (TPSA) is 0 Å². The predicted octanol–water partition coefficient (Wildman–Crippen LogP) is 4.28. The van der Waals surface area contributed by atoms with Crippen LogP contribution in [0.15, 0.2) is 30.3 Å². The Kier molecular flexibility index (Phi) is 5.02. The van der Waals surface area contributed by atoms with Crippen molar-refractivity contribution in [3.63, 3.8) is 0 Å². The van der Waals surface area contributed by atoms with E-state index in [0.29, 0.717) is 0 Å². The van der Waals surface area contributed by atoms with Gasteiger partial charge in [0.05, 0.1) is 0 Å². The van der Waals surface area contributed by atoms with E-state index in [9.17, 15) is 0 Å². The van der Waals surface area contributed by atoms with E-state index in [-0.39, 0.29) is 0 Å². The number of hydrogen-bond donors (Lipinski definition) is 0. The third-order valence-electron chi connectivity index (χ3n) is 3.37. The Hall–Kier alpha value is 0.0382. The summed E-state index contributed by atoms with van der Waals surface area (Å²) in [6.07, 6.45) is 0. The number of rotatable bonds is 5. The van der Waals surface area contributed by atoms with Gasteiger partial charge >= 0.3 is 92.9 Å². The van der Waals surface area contributed by atoms with Crippen LogP contribution in [0.1, 0.15) is 26.3 Å². The van der Waals surface area contributed by atoms with E-state index in [1.54, 1.807) is 5.56 Å². The molecule has 0 aliphatic heterocycles. The molecule has 0 bridgehead atoms. The molecule has 1 aromatic rings. The van der Waals surface area contributed by atoms with Crippen molar-refractivity contribution in [2.45, 2.75) is 38.2 Å². The van der Waals surface area contributed by atoms with Gasteiger partial charge in [-0.25, -0.2) is 0 Å². The fourth-order valence-electron chi connectivity index (χ4n) is 1.98. The molecule has 0 atom stereocenters. The fraction of sp³-hybridized carbons (Fsp3) is 0.538. The molecule has 0 radical (unpaired) electrons. The van der Waals surface area contributed by atoms with Gasteiger partial charge in [0.25, 0.3) is 0 Å². The first kappa shape index (κ1) is 12.1. The standard InChI is InChI=1S/C7H7.3C2H5.Sb/c1-7-5-3-2-4-6-7;3*1-2;/h2-6H,1H2;3*1H2,2H3;/q;;;;+1. The molecule has 1 rings (SSSR count). The summed E-state index contributed by atoms with van der Waals surface area (Å²) in [7, 11) is 0. The maximum absolute atomic E-state index is 2.40. The third kappa shape index (κ3) is 3.02. The molecule has 0 nitrogen and oxygen atoms in total. The van der Waals surface area contributed by atoms with Gasteiger partial charge in [0.2, 0.25) is 0 Å². The molecule has 0 saturated heterocycles. The molecule has 0 N–H and O–H groups in total. The van der Waals surface area contributed by atoms with E-state index in [1.165, 1.54) is 17.5 Å². The summed E-state index contributed by atoms with van der Waals surface area (Å²) < 4.78 is 5.89. The molecule has 14 heavy (non-hydrogen) atoms. The maximum atomic E-state index is 2.40. The van der Waals surface area contributed by atoms with Crippen molar-refractivity contribution >= 4 is 18.8 Å². The summed E-state index contributed by atoms with van der Waals surface area (Å²) in [6.45, 7) is 7.21. The van der Waals surface area contributed by atoms with Crippen molar-refractivity contribution in [3.05, 3.63) is 35.9 Å². The molecule has 0 aliphatic rings. The molecule has 0 heterocycles. The molecule has 0 aromatic heterocycles. The van der Waals surface area contributed by atoms with Gasteiger partial charge in [0.15, 0.2) is 0 Å². The molecular weight excluding hydrogens is 278 g/mol. The van der Waals surface area contributed by atoms with Crippen LogP contribution in [0.4, 0.5) is 0 Å². The average molecular weight is 300 g/mol. The fourth-order valence-corrected chi connectivity index (χ4v) is 10.5. The normalized spacial score (nSPS) is 11.6. The summed E-state index contributed by atoms with van der Waals surface area (Å²) in [5.41, 5.74) is 1.57. The average Bonchev–Trinajstić information content (AvgIpc) is 2.28. The SMILES string of the molecule is C[CH2][Sb+]([CH2]C)([CH2]C)[CH2]c1ccccc1. The van der Waals surface area contributed by atoms with Crippen LogP contribution in [-0.2, 0) is 4.37 Å². The zero-order chi connectivity index (χ0) is 10.4. The van der Waals surface area contributed by atoms with Crippen LogP contribution in [-0.4, -0.2) is 18.8 Å². The van der Waals surface area contributed by atoms with Gasteiger partial charge in [-0.1, -0.05) is 0 Å². The zero-order valence-electron chi connectivity index (χ0n) is 9.66. The van der Waals surface area contributed by atoms with Crippen molar-refractivity contribution in [2.75, 3.05) is 0 Å². The van der Waals surface area contributed by atoms with Crippen LogP contribution in [0.2, 0.25) is 13.1 Å². The van der Waals surface area contributed by atoms with Gasteiger partial charge in [0.1, 0.15) is 0 Å². The van der Waals surface area contributed by atoms with Crippen LogP contribution in [0.5, 0.6) is 0 Å². The van der Waals surface area contributed by atoms with E-state index >= 15 is 0 Å². The second-order valence-corrected chi connectivity index (χ2v) is 17.9. The molecule has 0 spiro atoms. The number of hydrogen-bond acceptors (Lipinski definition) is 0. The Morgan fingerprint density at radius 3 is 1.79 bits per heavy atom. The van der Waals surface area contributed by atoms with Crippen molar-refractivity contribution in [3.8, 4) is 0 Å².